The number of hydrazine groups is 1. The SMILES string of the molecule is CC(C(=O)O)N(C)CCCCCC1CC(c2ccc(F)cc2)NN1. The Balaban J connectivity index is 1.61. The van der Waals surface area contributed by atoms with Gasteiger partial charge in [-0.3, -0.25) is 20.5 Å². The summed E-state index contributed by atoms with van der Waals surface area (Å²) in [6, 6.07) is 6.89. The molecular weight excluding hydrogens is 309 g/mol. The van der Waals surface area contributed by atoms with E-state index in [0.29, 0.717) is 6.04 Å². The minimum absolute atomic E-state index is 0.205. The van der Waals surface area contributed by atoms with Crippen LogP contribution in [-0.4, -0.2) is 41.7 Å². The molecule has 1 aromatic carbocycles. The highest BCUT2D eigenvalue weighted by Crippen LogP contribution is 2.24. The van der Waals surface area contributed by atoms with Crippen LogP contribution in [0, 0.1) is 5.82 Å². The molecule has 3 unspecified atom stereocenters. The van der Waals surface area contributed by atoms with Crippen LogP contribution in [0.1, 0.15) is 50.6 Å². The zero-order valence-corrected chi connectivity index (χ0v) is 14.5. The van der Waals surface area contributed by atoms with E-state index in [1.54, 1.807) is 6.92 Å². The number of benzene rings is 1. The van der Waals surface area contributed by atoms with Crippen molar-refractivity contribution in [1.82, 2.24) is 15.8 Å². The molecular formula is C18H28FN3O2. The molecule has 24 heavy (non-hydrogen) atoms. The van der Waals surface area contributed by atoms with E-state index in [1.165, 1.54) is 12.1 Å². The first-order valence-electron chi connectivity index (χ1n) is 8.67. The number of hydrogen-bond donors (Lipinski definition) is 3. The molecule has 0 bridgehead atoms. The maximum absolute atomic E-state index is 13.0. The zero-order chi connectivity index (χ0) is 17.5. The first-order valence-corrected chi connectivity index (χ1v) is 8.67. The molecule has 1 aliphatic rings. The van der Waals surface area contributed by atoms with Crippen molar-refractivity contribution in [2.24, 2.45) is 0 Å². The number of nitrogens with one attached hydrogen (secondary N) is 2. The largest absolute Gasteiger partial charge is 0.480 e. The molecule has 3 atom stereocenters. The summed E-state index contributed by atoms with van der Waals surface area (Å²) in [5.74, 6) is -0.978. The van der Waals surface area contributed by atoms with E-state index in [2.05, 4.69) is 10.9 Å². The molecule has 1 aromatic rings. The molecule has 3 N–H and O–H groups in total. The first kappa shape index (κ1) is 18.8. The van der Waals surface area contributed by atoms with Crippen molar-refractivity contribution in [3.8, 4) is 0 Å². The summed E-state index contributed by atoms with van der Waals surface area (Å²) in [5.41, 5.74) is 7.71. The molecule has 0 radical (unpaired) electrons. The van der Waals surface area contributed by atoms with Gasteiger partial charge in [0.15, 0.2) is 0 Å². The Hall–Kier alpha value is -1.50. The molecule has 1 aliphatic heterocycles. The molecule has 0 aliphatic carbocycles. The monoisotopic (exact) mass is 337 g/mol. The van der Waals surface area contributed by atoms with E-state index in [0.717, 1.165) is 44.2 Å². The van der Waals surface area contributed by atoms with E-state index < -0.39 is 12.0 Å². The van der Waals surface area contributed by atoms with Crippen LogP contribution in [0.2, 0.25) is 0 Å². The Bertz CT molecular complexity index is 524. The lowest BCUT2D eigenvalue weighted by atomic mass is 9.99. The predicted molar refractivity (Wildman–Crippen MR) is 92.0 cm³/mol. The number of carboxylic acids is 1. The van der Waals surface area contributed by atoms with Crippen LogP contribution in [-0.2, 0) is 4.79 Å². The maximum Gasteiger partial charge on any atom is 0.320 e. The van der Waals surface area contributed by atoms with Gasteiger partial charge in [0, 0.05) is 12.1 Å². The number of carbonyl (C=O) groups is 1. The summed E-state index contributed by atoms with van der Waals surface area (Å²) in [5, 5.41) is 8.95. The van der Waals surface area contributed by atoms with Crippen molar-refractivity contribution in [3.63, 3.8) is 0 Å². The van der Waals surface area contributed by atoms with Gasteiger partial charge in [0.2, 0.25) is 0 Å². The van der Waals surface area contributed by atoms with Crippen LogP contribution in [0.4, 0.5) is 4.39 Å². The minimum Gasteiger partial charge on any atom is -0.480 e. The highest BCUT2D eigenvalue weighted by atomic mass is 19.1. The highest BCUT2D eigenvalue weighted by molar-refractivity contribution is 5.72. The van der Waals surface area contributed by atoms with Crippen LogP contribution in [0.15, 0.2) is 24.3 Å². The Morgan fingerprint density at radius 1 is 1.29 bits per heavy atom. The third-order valence-corrected chi connectivity index (χ3v) is 4.84. The van der Waals surface area contributed by atoms with Gasteiger partial charge in [0.05, 0.1) is 0 Å². The molecule has 0 saturated carbocycles. The van der Waals surface area contributed by atoms with Crippen molar-refractivity contribution >= 4 is 5.97 Å². The normalized spacial score (nSPS) is 22.0. The van der Waals surface area contributed by atoms with E-state index in [-0.39, 0.29) is 11.9 Å². The Morgan fingerprint density at radius 3 is 2.67 bits per heavy atom. The molecule has 0 amide bonds. The zero-order valence-electron chi connectivity index (χ0n) is 14.5. The topological polar surface area (TPSA) is 64.6 Å². The van der Waals surface area contributed by atoms with E-state index in [9.17, 15) is 9.18 Å². The fraction of sp³-hybridized carbons (Fsp3) is 0.611. The Labute approximate surface area is 143 Å². The van der Waals surface area contributed by atoms with Crippen LogP contribution in [0.5, 0.6) is 0 Å². The number of nitrogens with zero attached hydrogens (tertiary/aromatic N) is 1. The third kappa shape index (κ3) is 5.54. The van der Waals surface area contributed by atoms with Gasteiger partial charge in [-0.1, -0.05) is 25.0 Å². The highest BCUT2D eigenvalue weighted by Gasteiger charge is 2.24. The molecule has 1 fully saturated rings. The Kier molecular flexibility index (Phi) is 7.15. The van der Waals surface area contributed by atoms with Crippen LogP contribution in [0.3, 0.4) is 0 Å². The summed E-state index contributed by atoms with van der Waals surface area (Å²) < 4.78 is 13.0. The smallest absolute Gasteiger partial charge is 0.320 e. The number of likely N-dealkylation sites (N-methyl/N-ethyl adjacent to an activating group) is 1. The molecule has 6 heteroatoms. The predicted octanol–water partition coefficient (Wildman–Crippen LogP) is 2.70. The fourth-order valence-electron chi connectivity index (χ4n) is 3.04. The molecule has 5 nitrogen and oxygen atoms in total. The lowest BCUT2D eigenvalue weighted by molar-refractivity contribution is -0.142. The second-order valence-electron chi connectivity index (χ2n) is 6.67. The van der Waals surface area contributed by atoms with E-state index >= 15 is 0 Å². The average molecular weight is 337 g/mol. The summed E-state index contributed by atoms with van der Waals surface area (Å²) in [6.07, 6.45) is 5.31. The van der Waals surface area contributed by atoms with E-state index in [4.69, 9.17) is 5.11 Å². The van der Waals surface area contributed by atoms with Crippen molar-refractivity contribution in [3.05, 3.63) is 35.6 Å². The van der Waals surface area contributed by atoms with Gasteiger partial charge < -0.3 is 5.11 Å². The van der Waals surface area contributed by atoms with Crippen LogP contribution in [0.25, 0.3) is 0 Å². The molecule has 0 aromatic heterocycles. The molecule has 134 valence electrons. The standard InChI is InChI=1S/C18H28FN3O2/c1-13(18(23)24)22(2)11-5-3-4-6-16-12-17(21-20-16)14-7-9-15(19)10-8-14/h7-10,13,16-17,20-21H,3-6,11-12H2,1-2H3,(H,23,24). The van der Waals surface area contributed by atoms with Crippen LogP contribution < -0.4 is 10.9 Å². The molecule has 2 rings (SSSR count). The van der Waals surface area contributed by atoms with Crippen molar-refractivity contribution in [2.45, 2.75) is 57.2 Å². The van der Waals surface area contributed by atoms with Gasteiger partial charge >= 0.3 is 5.97 Å². The number of unbranched alkanes of at least 4 members (excludes halogenated alkanes) is 2. The number of halogens is 1. The molecule has 1 heterocycles. The van der Waals surface area contributed by atoms with Crippen molar-refractivity contribution < 1.29 is 14.3 Å². The summed E-state index contributed by atoms with van der Waals surface area (Å²) in [4.78, 5) is 12.8. The average Bonchev–Trinajstić information content (AvgIpc) is 3.03. The molecule has 1 saturated heterocycles. The second kappa shape index (κ2) is 9.11. The van der Waals surface area contributed by atoms with Gasteiger partial charge in [-0.2, -0.15) is 0 Å². The second-order valence-corrected chi connectivity index (χ2v) is 6.67. The number of aliphatic carboxylic acids is 1. The van der Waals surface area contributed by atoms with Gasteiger partial charge in [0.25, 0.3) is 0 Å². The summed E-state index contributed by atoms with van der Waals surface area (Å²) in [6.45, 7) is 2.52. The molecule has 0 spiro atoms. The first-order chi connectivity index (χ1) is 11.5. The van der Waals surface area contributed by atoms with E-state index in [1.807, 2.05) is 24.1 Å². The number of hydrogen-bond acceptors (Lipinski definition) is 4. The maximum atomic E-state index is 13.0. The lowest BCUT2D eigenvalue weighted by Crippen LogP contribution is -2.36. The van der Waals surface area contributed by atoms with Crippen molar-refractivity contribution in [2.75, 3.05) is 13.6 Å². The van der Waals surface area contributed by atoms with Crippen molar-refractivity contribution in [1.29, 1.82) is 0 Å². The van der Waals surface area contributed by atoms with Crippen LogP contribution >= 0.6 is 0 Å². The van der Waals surface area contributed by atoms with Gasteiger partial charge in [-0.25, -0.2) is 4.39 Å². The summed E-state index contributed by atoms with van der Waals surface area (Å²) >= 11 is 0. The fourth-order valence-corrected chi connectivity index (χ4v) is 3.04. The van der Waals surface area contributed by atoms with Gasteiger partial charge in [-0.05, 0) is 57.5 Å². The number of carboxylic acid groups (broad SMARTS) is 1. The van der Waals surface area contributed by atoms with Gasteiger partial charge in [0.1, 0.15) is 11.9 Å². The number of rotatable bonds is 9. The quantitative estimate of drug-likeness (QED) is 0.605. The minimum atomic E-state index is -0.773. The summed E-state index contributed by atoms with van der Waals surface area (Å²) in [7, 11) is 1.86. The Morgan fingerprint density at radius 2 is 2.00 bits per heavy atom. The third-order valence-electron chi connectivity index (χ3n) is 4.84. The van der Waals surface area contributed by atoms with Gasteiger partial charge in [-0.15, -0.1) is 0 Å². The lowest BCUT2D eigenvalue weighted by Gasteiger charge is -2.20.